The number of nitrogens with one attached hydrogen (secondary N) is 1. The van der Waals surface area contributed by atoms with Crippen molar-refractivity contribution in [3.8, 4) is 0 Å². The molecule has 2 aromatic carbocycles. The highest BCUT2D eigenvalue weighted by Crippen LogP contribution is 2.28. The van der Waals surface area contributed by atoms with Gasteiger partial charge in [-0.1, -0.05) is 23.5 Å². The quantitative estimate of drug-likeness (QED) is 0.776. The maximum atomic E-state index is 13.1. The highest BCUT2D eigenvalue weighted by molar-refractivity contribution is 7.22. The van der Waals surface area contributed by atoms with E-state index in [4.69, 9.17) is 4.74 Å². The minimum atomic E-state index is -0.267. The fraction of sp³-hybridized carbons (Fsp3) is 0.133. The van der Waals surface area contributed by atoms with Crippen molar-refractivity contribution in [2.24, 2.45) is 0 Å². The zero-order valence-corrected chi connectivity index (χ0v) is 11.7. The summed E-state index contributed by atoms with van der Waals surface area (Å²) in [6, 6.07) is 12.6. The zero-order valence-electron chi connectivity index (χ0n) is 10.9. The van der Waals surface area contributed by atoms with Crippen molar-refractivity contribution in [3.63, 3.8) is 0 Å². The number of fused-ring (bicyclic) bond motifs is 1. The number of ether oxygens (including phenoxy) is 1. The van der Waals surface area contributed by atoms with Crippen LogP contribution in [0.1, 0.15) is 5.56 Å². The average Bonchev–Trinajstić information content (AvgIpc) is 2.81. The molecule has 5 heteroatoms. The van der Waals surface area contributed by atoms with E-state index in [1.165, 1.54) is 23.5 Å². The molecule has 102 valence electrons. The maximum absolute atomic E-state index is 13.1. The van der Waals surface area contributed by atoms with Gasteiger partial charge in [0.1, 0.15) is 5.82 Å². The normalized spacial score (nSPS) is 10.9. The Labute approximate surface area is 120 Å². The molecule has 0 atom stereocenters. The number of aromatic nitrogens is 1. The van der Waals surface area contributed by atoms with Gasteiger partial charge in [0.15, 0.2) is 5.13 Å². The molecule has 0 bridgehead atoms. The number of methoxy groups -OCH3 is 1. The number of nitrogens with zero attached hydrogens (tertiary/aromatic N) is 1. The van der Waals surface area contributed by atoms with Crippen molar-refractivity contribution in [2.75, 3.05) is 12.4 Å². The van der Waals surface area contributed by atoms with E-state index in [0.29, 0.717) is 12.1 Å². The van der Waals surface area contributed by atoms with Crippen molar-refractivity contribution in [1.82, 2.24) is 4.98 Å². The summed E-state index contributed by atoms with van der Waals surface area (Å²) in [5.74, 6) is -0.267. The fourth-order valence-corrected chi connectivity index (χ4v) is 2.85. The largest absolute Gasteiger partial charge is 0.380 e. The number of hydrogen-bond donors (Lipinski definition) is 1. The topological polar surface area (TPSA) is 34.1 Å². The minimum Gasteiger partial charge on any atom is -0.380 e. The third kappa shape index (κ3) is 2.79. The van der Waals surface area contributed by atoms with Gasteiger partial charge in [0.2, 0.25) is 0 Å². The van der Waals surface area contributed by atoms with Crippen LogP contribution < -0.4 is 5.32 Å². The van der Waals surface area contributed by atoms with Crippen molar-refractivity contribution in [1.29, 1.82) is 0 Å². The maximum Gasteiger partial charge on any atom is 0.188 e. The second kappa shape index (κ2) is 5.56. The molecule has 0 amide bonds. The van der Waals surface area contributed by atoms with E-state index in [1.807, 2.05) is 24.3 Å². The lowest BCUT2D eigenvalue weighted by atomic mass is 10.2. The van der Waals surface area contributed by atoms with E-state index in [-0.39, 0.29) is 5.82 Å². The van der Waals surface area contributed by atoms with Crippen molar-refractivity contribution in [2.45, 2.75) is 6.61 Å². The van der Waals surface area contributed by atoms with E-state index in [1.54, 1.807) is 13.2 Å². The molecular weight excluding hydrogens is 275 g/mol. The Morgan fingerprint density at radius 2 is 2.15 bits per heavy atom. The first-order valence-corrected chi connectivity index (χ1v) is 6.97. The summed E-state index contributed by atoms with van der Waals surface area (Å²) < 4.78 is 19.2. The van der Waals surface area contributed by atoms with Crippen LogP contribution in [0, 0.1) is 5.82 Å². The monoisotopic (exact) mass is 288 g/mol. The molecule has 0 spiro atoms. The third-order valence-electron chi connectivity index (χ3n) is 2.84. The lowest BCUT2D eigenvalue weighted by Crippen LogP contribution is -1.92. The zero-order chi connectivity index (χ0) is 13.9. The number of rotatable bonds is 4. The molecule has 0 saturated heterocycles. The number of anilines is 2. The Hall–Kier alpha value is -1.98. The number of halogens is 1. The molecule has 0 unspecified atom stereocenters. The van der Waals surface area contributed by atoms with Gasteiger partial charge < -0.3 is 10.1 Å². The number of benzene rings is 2. The molecular formula is C15H13FN2OS. The summed E-state index contributed by atoms with van der Waals surface area (Å²) in [5, 5.41) is 3.99. The molecule has 20 heavy (non-hydrogen) atoms. The van der Waals surface area contributed by atoms with Gasteiger partial charge in [0, 0.05) is 18.9 Å². The molecule has 1 aromatic heterocycles. The highest BCUT2D eigenvalue weighted by atomic mass is 32.1. The van der Waals surface area contributed by atoms with Gasteiger partial charge in [-0.25, -0.2) is 9.37 Å². The molecule has 1 heterocycles. The molecule has 3 rings (SSSR count). The van der Waals surface area contributed by atoms with E-state index in [2.05, 4.69) is 10.3 Å². The van der Waals surface area contributed by atoms with Gasteiger partial charge in [-0.3, -0.25) is 0 Å². The van der Waals surface area contributed by atoms with Crippen LogP contribution in [0.2, 0.25) is 0 Å². The van der Waals surface area contributed by atoms with Crippen LogP contribution in [0.5, 0.6) is 0 Å². The number of thiazole rings is 1. The van der Waals surface area contributed by atoms with Gasteiger partial charge >= 0.3 is 0 Å². The molecule has 0 aliphatic carbocycles. The van der Waals surface area contributed by atoms with Gasteiger partial charge in [-0.2, -0.15) is 0 Å². The smallest absolute Gasteiger partial charge is 0.188 e. The standard InChI is InChI=1S/C15H13FN2OS/c1-19-9-10-3-2-4-12(7-10)17-15-18-13-8-11(16)5-6-14(13)20-15/h2-8H,9H2,1H3,(H,17,18). The minimum absolute atomic E-state index is 0.267. The van der Waals surface area contributed by atoms with Crippen molar-refractivity contribution >= 4 is 32.4 Å². The molecule has 0 fully saturated rings. The molecule has 0 radical (unpaired) electrons. The van der Waals surface area contributed by atoms with Crippen molar-refractivity contribution < 1.29 is 9.13 Å². The van der Waals surface area contributed by atoms with Gasteiger partial charge in [0.05, 0.1) is 16.8 Å². The van der Waals surface area contributed by atoms with Crippen LogP contribution >= 0.6 is 11.3 Å². The predicted octanol–water partition coefficient (Wildman–Crippen LogP) is 4.33. The molecule has 0 saturated carbocycles. The molecule has 1 N–H and O–H groups in total. The average molecular weight is 288 g/mol. The van der Waals surface area contributed by atoms with E-state index in [0.717, 1.165) is 21.1 Å². The summed E-state index contributed by atoms with van der Waals surface area (Å²) in [6.07, 6.45) is 0. The van der Waals surface area contributed by atoms with Crippen LogP contribution in [0.15, 0.2) is 42.5 Å². The molecule has 3 aromatic rings. The van der Waals surface area contributed by atoms with Crippen LogP contribution in [0.4, 0.5) is 15.2 Å². The van der Waals surface area contributed by atoms with Crippen molar-refractivity contribution in [3.05, 3.63) is 53.8 Å². The molecule has 0 aliphatic heterocycles. The SMILES string of the molecule is COCc1cccc(Nc2nc3cc(F)ccc3s2)c1. The lowest BCUT2D eigenvalue weighted by Gasteiger charge is -2.05. The summed E-state index contributed by atoms with van der Waals surface area (Å²) in [4.78, 5) is 4.38. The third-order valence-corrected chi connectivity index (χ3v) is 3.79. The first-order valence-electron chi connectivity index (χ1n) is 6.15. The second-order valence-corrected chi connectivity index (χ2v) is 5.42. The van der Waals surface area contributed by atoms with Gasteiger partial charge in [-0.05, 0) is 29.8 Å². The lowest BCUT2D eigenvalue weighted by molar-refractivity contribution is 0.185. The Morgan fingerprint density at radius 1 is 1.25 bits per heavy atom. The summed E-state index contributed by atoms with van der Waals surface area (Å²) >= 11 is 1.50. The Bertz CT molecular complexity index is 742. The summed E-state index contributed by atoms with van der Waals surface area (Å²) in [7, 11) is 1.67. The van der Waals surface area contributed by atoms with E-state index in [9.17, 15) is 4.39 Å². The highest BCUT2D eigenvalue weighted by Gasteiger charge is 2.05. The first-order chi connectivity index (χ1) is 9.74. The molecule has 3 nitrogen and oxygen atoms in total. The van der Waals surface area contributed by atoms with E-state index >= 15 is 0 Å². The van der Waals surface area contributed by atoms with Crippen LogP contribution in [0.25, 0.3) is 10.2 Å². The number of hydrogen-bond acceptors (Lipinski definition) is 4. The second-order valence-electron chi connectivity index (χ2n) is 4.39. The van der Waals surface area contributed by atoms with E-state index < -0.39 is 0 Å². The van der Waals surface area contributed by atoms with Gasteiger partial charge in [-0.15, -0.1) is 0 Å². The predicted molar refractivity (Wildman–Crippen MR) is 80.0 cm³/mol. The summed E-state index contributed by atoms with van der Waals surface area (Å²) in [5.41, 5.74) is 2.70. The Morgan fingerprint density at radius 3 is 3.00 bits per heavy atom. The Balaban J connectivity index is 1.87. The molecule has 0 aliphatic rings. The fourth-order valence-electron chi connectivity index (χ4n) is 1.98. The van der Waals surface area contributed by atoms with Crippen LogP contribution in [-0.4, -0.2) is 12.1 Å². The van der Waals surface area contributed by atoms with Crippen LogP contribution in [0.3, 0.4) is 0 Å². The van der Waals surface area contributed by atoms with Crippen LogP contribution in [-0.2, 0) is 11.3 Å². The summed E-state index contributed by atoms with van der Waals surface area (Å²) in [6.45, 7) is 0.570. The first kappa shape index (κ1) is 13.0. The van der Waals surface area contributed by atoms with Gasteiger partial charge in [0.25, 0.3) is 0 Å². The Kier molecular flexibility index (Phi) is 3.62.